The minimum absolute atomic E-state index is 0.210. The molecule has 0 unspecified atom stereocenters. The zero-order chi connectivity index (χ0) is 13.8. The second kappa shape index (κ2) is 6.21. The van der Waals surface area contributed by atoms with Gasteiger partial charge in [0.25, 0.3) is 0 Å². The van der Waals surface area contributed by atoms with Crippen molar-refractivity contribution in [3.63, 3.8) is 0 Å². The van der Waals surface area contributed by atoms with E-state index in [9.17, 15) is 4.79 Å². The van der Waals surface area contributed by atoms with Crippen LogP contribution < -0.4 is 5.73 Å². The molecule has 2 rings (SSSR count). The molecule has 0 radical (unpaired) electrons. The third-order valence-corrected chi connectivity index (χ3v) is 4.22. The molecule has 0 atom stereocenters. The molecule has 0 bridgehead atoms. The van der Waals surface area contributed by atoms with Crippen molar-refractivity contribution in [3.05, 3.63) is 62.5 Å². The Labute approximate surface area is 128 Å². The maximum absolute atomic E-state index is 12.0. The van der Waals surface area contributed by atoms with Crippen LogP contribution in [0.4, 0.5) is 5.69 Å². The summed E-state index contributed by atoms with van der Waals surface area (Å²) in [5.41, 5.74) is 7.57. The first-order chi connectivity index (χ1) is 9.09. The molecule has 2 aromatic carbocycles. The standard InChI is InChI=1S/C14H11Br2NO2/c15-11-6-2-1-4-9(11)8-19-14(18)10-5-3-7-12(17)13(10)16/h1-7H,8,17H2. The van der Waals surface area contributed by atoms with Crippen LogP contribution in [-0.2, 0) is 11.3 Å². The summed E-state index contributed by atoms with van der Waals surface area (Å²) in [4.78, 5) is 12.0. The Morgan fingerprint density at radius 1 is 1.11 bits per heavy atom. The Balaban J connectivity index is 2.10. The van der Waals surface area contributed by atoms with Gasteiger partial charge in [-0.15, -0.1) is 0 Å². The summed E-state index contributed by atoms with van der Waals surface area (Å²) in [6, 6.07) is 12.7. The van der Waals surface area contributed by atoms with Crippen molar-refractivity contribution in [3.8, 4) is 0 Å². The van der Waals surface area contributed by atoms with E-state index in [2.05, 4.69) is 31.9 Å². The lowest BCUT2D eigenvalue weighted by molar-refractivity contribution is 0.0471. The number of hydrogen-bond donors (Lipinski definition) is 1. The SMILES string of the molecule is Nc1cccc(C(=O)OCc2ccccc2Br)c1Br. The summed E-state index contributed by atoms with van der Waals surface area (Å²) in [6.45, 7) is 0.210. The molecule has 98 valence electrons. The summed E-state index contributed by atoms with van der Waals surface area (Å²) in [5, 5.41) is 0. The molecule has 0 aromatic heterocycles. The molecule has 0 saturated carbocycles. The van der Waals surface area contributed by atoms with Gasteiger partial charge in [-0.2, -0.15) is 0 Å². The van der Waals surface area contributed by atoms with Gasteiger partial charge in [0.05, 0.1) is 10.0 Å². The predicted octanol–water partition coefficient (Wildman–Crippen LogP) is 4.15. The second-order valence-electron chi connectivity index (χ2n) is 3.88. The summed E-state index contributed by atoms with van der Waals surface area (Å²) in [6.07, 6.45) is 0. The van der Waals surface area contributed by atoms with Crippen molar-refractivity contribution in [1.29, 1.82) is 0 Å². The molecule has 0 amide bonds. The Hall–Kier alpha value is -1.33. The number of benzene rings is 2. The Morgan fingerprint density at radius 2 is 1.84 bits per heavy atom. The fraction of sp³-hybridized carbons (Fsp3) is 0.0714. The van der Waals surface area contributed by atoms with Gasteiger partial charge >= 0.3 is 5.97 Å². The molecular formula is C14H11Br2NO2. The van der Waals surface area contributed by atoms with Gasteiger partial charge in [0.2, 0.25) is 0 Å². The fourth-order valence-corrected chi connectivity index (χ4v) is 2.37. The summed E-state index contributed by atoms with van der Waals surface area (Å²) in [7, 11) is 0. The number of hydrogen-bond acceptors (Lipinski definition) is 3. The van der Waals surface area contributed by atoms with Crippen LogP contribution in [0.1, 0.15) is 15.9 Å². The first-order valence-electron chi connectivity index (χ1n) is 5.54. The molecule has 2 N–H and O–H groups in total. The third kappa shape index (κ3) is 3.36. The van der Waals surface area contributed by atoms with Crippen LogP contribution in [0.5, 0.6) is 0 Å². The van der Waals surface area contributed by atoms with Gasteiger partial charge in [-0.1, -0.05) is 40.2 Å². The Bertz CT molecular complexity index is 614. The van der Waals surface area contributed by atoms with E-state index >= 15 is 0 Å². The molecular weight excluding hydrogens is 374 g/mol. The number of halogens is 2. The largest absolute Gasteiger partial charge is 0.457 e. The van der Waals surface area contributed by atoms with Gasteiger partial charge < -0.3 is 10.5 Å². The number of rotatable bonds is 3. The molecule has 0 fully saturated rings. The highest BCUT2D eigenvalue weighted by Gasteiger charge is 2.13. The van der Waals surface area contributed by atoms with E-state index in [1.54, 1.807) is 18.2 Å². The van der Waals surface area contributed by atoms with Crippen LogP contribution in [0.3, 0.4) is 0 Å². The van der Waals surface area contributed by atoms with Crippen LogP contribution in [0, 0.1) is 0 Å². The number of nitrogen functional groups attached to an aromatic ring is 1. The first kappa shape index (κ1) is 14.1. The van der Waals surface area contributed by atoms with E-state index in [0.29, 0.717) is 15.7 Å². The third-order valence-electron chi connectivity index (χ3n) is 2.57. The van der Waals surface area contributed by atoms with Gasteiger partial charge in [0, 0.05) is 15.7 Å². The van der Waals surface area contributed by atoms with Crippen LogP contribution in [-0.4, -0.2) is 5.97 Å². The van der Waals surface area contributed by atoms with Crippen LogP contribution in [0.25, 0.3) is 0 Å². The van der Waals surface area contributed by atoms with Crippen molar-refractivity contribution < 1.29 is 9.53 Å². The van der Waals surface area contributed by atoms with E-state index in [0.717, 1.165) is 10.0 Å². The zero-order valence-corrected chi connectivity index (χ0v) is 13.1. The summed E-state index contributed by atoms with van der Waals surface area (Å²) < 4.78 is 6.75. The van der Waals surface area contributed by atoms with Crippen molar-refractivity contribution >= 4 is 43.5 Å². The minimum atomic E-state index is -0.407. The van der Waals surface area contributed by atoms with Crippen LogP contribution in [0.15, 0.2) is 51.4 Å². The predicted molar refractivity (Wildman–Crippen MR) is 81.8 cm³/mol. The molecule has 0 aliphatic rings. The number of nitrogens with two attached hydrogens (primary N) is 1. The number of ether oxygens (including phenoxy) is 1. The lowest BCUT2D eigenvalue weighted by atomic mass is 10.2. The molecule has 0 saturated heterocycles. The molecule has 3 nitrogen and oxygen atoms in total. The highest BCUT2D eigenvalue weighted by Crippen LogP contribution is 2.25. The molecule has 0 spiro atoms. The van der Waals surface area contributed by atoms with Crippen molar-refractivity contribution in [2.24, 2.45) is 0 Å². The van der Waals surface area contributed by atoms with Gasteiger partial charge in [-0.05, 0) is 34.1 Å². The summed E-state index contributed by atoms with van der Waals surface area (Å²) in [5.74, 6) is -0.407. The molecule has 5 heteroatoms. The second-order valence-corrected chi connectivity index (χ2v) is 5.52. The van der Waals surface area contributed by atoms with Crippen LogP contribution in [0.2, 0.25) is 0 Å². The number of carbonyl (C=O) groups is 1. The smallest absolute Gasteiger partial charge is 0.339 e. The van der Waals surface area contributed by atoms with Crippen molar-refractivity contribution in [2.75, 3.05) is 5.73 Å². The Morgan fingerprint density at radius 3 is 2.58 bits per heavy atom. The van der Waals surface area contributed by atoms with Gasteiger partial charge in [-0.3, -0.25) is 0 Å². The lowest BCUT2D eigenvalue weighted by Crippen LogP contribution is -2.07. The topological polar surface area (TPSA) is 52.3 Å². The minimum Gasteiger partial charge on any atom is -0.457 e. The van der Waals surface area contributed by atoms with Gasteiger partial charge in [0.15, 0.2) is 0 Å². The first-order valence-corrected chi connectivity index (χ1v) is 7.12. The summed E-state index contributed by atoms with van der Waals surface area (Å²) >= 11 is 6.69. The number of anilines is 1. The molecule has 0 aliphatic carbocycles. The molecule has 19 heavy (non-hydrogen) atoms. The van der Waals surface area contributed by atoms with Crippen molar-refractivity contribution in [2.45, 2.75) is 6.61 Å². The Kier molecular flexibility index (Phi) is 4.61. The number of esters is 1. The van der Waals surface area contributed by atoms with Crippen LogP contribution >= 0.6 is 31.9 Å². The number of carbonyl (C=O) groups excluding carboxylic acids is 1. The van der Waals surface area contributed by atoms with Gasteiger partial charge in [-0.25, -0.2) is 4.79 Å². The maximum atomic E-state index is 12.0. The normalized spacial score (nSPS) is 10.2. The van der Waals surface area contributed by atoms with E-state index in [1.807, 2.05) is 24.3 Å². The quantitative estimate of drug-likeness (QED) is 0.638. The average molecular weight is 385 g/mol. The highest BCUT2D eigenvalue weighted by atomic mass is 79.9. The van der Waals surface area contributed by atoms with Crippen molar-refractivity contribution in [1.82, 2.24) is 0 Å². The van der Waals surface area contributed by atoms with E-state index in [1.165, 1.54) is 0 Å². The van der Waals surface area contributed by atoms with E-state index in [4.69, 9.17) is 10.5 Å². The molecule has 0 heterocycles. The zero-order valence-electron chi connectivity index (χ0n) is 9.90. The average Bonchev–Trinajstić information content (AvgIpc) is 2.40. The molecule has 2 aromatic rings. The molecule has 0 aliphatic heterocycles. The maximum Gasteiger partial charge on any atom is 0.339 e. The monoisotopic (exact) mass is 383 g/mol. The lowest BCUT2D eigenvalue weighted by Gasteiger charge is -2.08. The van der Waals surface area contributed by atoms with E-state index < -0.39 is 5.97 Å². The highest BCUT2D eigenvalue weighted by molar-refractivity contribution is 9.11. The van der Waals surface area contributed by atoms with Gasteiger partial charge in [0.1, 0.15) is 6.61 Å². The fourth-order valence-electron chi connectivity index (χ4n) is 1.54. The van der Waals surface area contributed by atoms with E-state index in [-0.39, 0.29) is 6.61 Å².